The third-order valence-corrected chi connectivity index (χ3v) is 10.1. The van der Waals surface area contributed by atoms with Crippen molar-refractivity contribution in [3.63, 3.8) is 0 Å². The number of carbonyl (C=O) groups excluding carboxylic acids is 3. The molecule has 1 N–H and O–H groups in total. The molecule has 3 atom stereocenters. The quantitative estimate of drug-likeness (QED) is 0.183. The maximum Gasteiger partial charge on any atom is 0.248 e. The maximum absolute atomic E-state index is 14.2. The molecule has 4 aromatic rings. The molecule has 1 aromatic carbocycles. The minimum atomic E-state index is -0.584. The van der Waals surface area contributed by atoms with Gasteiger partial charge in [-0.15, -0.1) is 0 Å². The number of aryl methyl sites for hydroxylation is 2. The summed E-state index contributed by atoms with van der Waals surface area (Å²) in [6.45, 7) is 7.61. The zero-order valence-electron chi connectivity index (χ0n) is 25.4. The lowest BCUT2D eigenvalue weighted by atomic mass is 9.92. The highest BCUT2D eigenvalue weighted by atomic mass is 79.9. The first-order valence-electron chi connectivity index (χ1n) is 15.2. The Morgan fingerprint density at radius 1 is 1.07 bits per heavy atom. The SMILES string of the molecule is CC(=O)c1cn(CC(=O)N2[C@H](C(=O)Nc3nc(Br)ccc3C3CC3)CC[C@@]3(C)C[C@@H]23)c2c(C)cc(-c3cnc(C)nc3)cc12. The van der Waals surface area contributed by atoms with Crippen LogP contribution < -0.4 is 5.32 Å². The van der Waals surface area contributed by atoms with E-state index in [1.165, 1.54) is 0 Å². The van der Waals surface area contributed by atoms with Gasteiger partial charge in [0.05, 0.1) is 5.52 Å². The molecule has 3 aliphatic rings. The number of hydrogen-bond donors (Lipinski definition) is 1. The molecule has 10 heteroatoms. The van der Waals surface area contributed by atoms with Gasteiger partial charge in [-0.05, 0) is 115 Å². The van der Waals surface area contributed by atoms with Crippen LogP contribution in [0.3, 0.4) is 0 Å². The molecule has 44 heavy (non-hydrogen) atoms. The Balaban J connectivity index is 1.20. The molecule has 7 rings (SSSR count). The van der Waals surface area contributed by atoms with E-state index in [2.05, 4.69) is 43.1 Å². The molecule has 1 aliphatic heterocycles. The number of aromatic nitrogens is 4. The topological polar surface area (TPSA) is 110 Å². The van der Waals surface area contributed by atoms with Crippen LogP contribution in [0.4, 0.5) is 5.82 Å². The molecule has 0 spiro atoms. The van der Waals surface area contributed by atoms with Gasteiger partial charge in [0.15, 0.2) is 5.78 Å². The summed E-state index contributed by atoms with van der Waals surface area (Å²) >= 11 is 3.45. The minimum Gasteiger partial charge on any atom is -0.337 e. The molecule has 0 bridgehead atoms. The highest BCUT2D eigenvalue weighted by molar-refractivity contribution is 9.10. The van der Waals surface area contributed by atoms with Crippen LogP contribution in [-0.2, 0) is 16.1 Å². The number of benzene rings is 1. The van der Waals surface area contributed by atoms with Gasteiger partial charge in [-0.1, -0.05) is 13.0 Å². The number of halogens is 1. The largest absolute Gasteiger partial charge is 0.337 e. The van der Waals surface area contributed by atoms with Crippen molar-refractivity contribution < 1.29 is 14.4 Å². The van der Waals surface area contributed by atoms with Crippen molar-refractivity contribution in [2.24, 2.45) is 5.41 Å². The number of likely N-dealkylation sites (tertiary alicyclic amines) is 1. The Bertz CT molecular complexity index is 1850. The second kappa shape index (κ2) is 10.6. The van der Waals surface area contributed by atoms with E-state index in [9.17, 15) is 14.4 Å². The van der Waals surface area contributed by atoms with Crippen LogP contribution in [0.1, 0.15) is 79.2 Å². The lowest BCUT2D eigenvalue weighted by molar-refractivity contribution is -0.142. The van der Waals surface area contributed by atoms with Crippen LogP contribution >= 0.6 is 15.9 Å². The first kappa shape index (κ1) is 28.8. The average Bonchev–Trinajstić information content (AvgIpc) is 3.89. The summed E-state index contributed by atoms with van der Waals surface area (Å²) in [5, 5.41) is 3.88. The summed E-state index contributed by atoms with van der Waals surface area (Å²) in [6.07, 6.45) is 9.91. The van der Waals surface area contributed by atoms with Gasteiger partial charge in [-0.2, -0.15) is 0 Å². The number of nitrogens with zero attached hydrogens (tertiary/aromatic N) is 5. The Morgan fingerprint density at radius 3 is 2.52 bits per heavy atom. The molecule has 3 aromatic heterocycles. The molecule has 9 nitrogen and oxygen atoms in total. The number of rotatable bonds is 7. The van der Waals surface area contributed by atoms with Gasteiger partial charge >= 0.3 is 0 Å². The monoisotopic (exact) mass is 654 g/mol. The number of carbonyl (C=O) groups is 3. The van der Waals surface area contributed by atoms with Crippen LogP contribution in [0.25, 0.3) is 22.0 Å². The number of Topliss-reactive ketones (excluding diaryl/α,β-unsaturated/α-hetero) is 1. The van der Waals surface area contributed by atoms with Crippen molar-refractivity contribution in [2.45, 2.75) is 84.3 Å². The Morgan fingerprint density at radius 2 is 1.82 bits per heavy atom. The van der Waals surface area contributed by atoms with Crippen LogP contribution in [-0.4, -0.2) is 54.1 Å². The molecular formula is C34H35BrN6O3. The van der Waals surface area contributed by atoms with Crippen molar-refractivity contribution >= 4 is 50.2 Å². The third-order valence-electron chi connectivity index (χ3n) is 9.67. The van der Waals surface area contributed by atoms with Gasteiger partial charge in [-0.25, -0.2) is 15.0 Å². The van der Waals surface area contributed by atoms with E-state index in [0.29, 0.717) is 34.1 Å². The lowest BCUT2D eigenvalue weighted by Gasteiger charge is -2.37. The van der Waals surface area contributed by atoms with E-state index in [0.717, 1.165) is 58.8 Å². The van der Waals surface area contributed by atoms with Crippen molar-refractivity contribution in [3.05, 3.63) is 70.0 Å². The van der Waals surface area contributed by atoms with Gasteiger partial charge < -0.3 is 14.8 Å². The smallest absolute Gasteiger partial charge is 0.248 e. The zero-order chi connectivity index (χ0) is 30.9. The molecule has 0 unspecified atom stereocenters. The number of anilines is 1. The molecule has 2 amide bonds. The summed E-state index contributed by atoms with van der Waals surface area (Å²) in [4.78, 5) is 55.9. The van der Waals surface area contributed by atoms with Crippen LogP contribution in [0, 0.1) is 19.3 Å². The van der Waals surface area contributed by atoms with E-state index in [1.807, 2.05) is 47.6 Å². The second-order valence-corrected chi connectivity index (χ2v) is 13.8. The fraction of sp³-hybridized carbons (Fsp3) is 0.412. The van der Waals surface area contributed by atoms with E-state index >= 15 is 0 Å². The van der Waals surface area contributed by atoms with Gasteiger partial charge in [-0.3, -0.25) is 14.4 Å². The predicted molar refractivity (Wildman–Crippen MR) is 171 cm³/mol. The number of amides is 2. The summed E-state index contributed by atoms with van der Waals surface area (Å²) in [5.74, 6) is 1.30. The number of hydrogen-bond acceptors (Lipinski definition) is 6. The highest BCUT2D eigenvalue weighted by Crippen LogP contribution is 2.57. The van der Waals surface area contributed by atoms with Gasteiger partial charge in [0, 0.05) is 41.1 Å². The number of piperidine rings is 1. The third kappa shape index (κ3) is 5.12. The molecule has 1 saturated heterocycles. The Labute approximate surface area is 264 Å². The molecule has 4 heterocycles. The number of ketones is 1. The van der Waals surface area contributed by atoms with Crippen molar-refractivity contribution in [1.29, 1.82) is 0 Å². The summed E-state index contributed by atoms with van der Waals surface area (Å²) in [7, 11) is 0. The minimum absolute atomic E-state index is 0.0150. The molecule has 2 saturated carbocycles. The molecule has 3 fully saturated rings. The lowest BCUT2D eigenvalue weighted by Crippen LogP contribution is -2.53. The second-order valence-electron chi connectivity index (χ2n) is 13.0. The Hall–Kier alpha value is -3.92. The van der Waals surface area contributed by atoms with Crippen molar-refractivity contribution in [3.8, 4) is 11.1 Å². The normalized spacial score (nSPS) is 22.5. The van der Waals surface area contributed by atoms with E-state index in [-0.39, 0.29) is 35.6 Å². The fourth-order valence-electron chi connectivity index (χ4n) is 6.98. The van der Waals surface area contributed by atoms with Crippen molar-refractivity contribution in [2.75, 3.05) is 5.32 Å². The molecule has 2 aliphatic carbocycles. The molecular weight excluding hydrogens is 620 g/mol. The van der Waals surface area contributed by atoms with E-state index < -0.39 is 6.04 Å². The average molecular weight is 656 g/mol. The maximum atomic E-state index is 14.2. The highest BCUT2D eigenvalue weighted by Gasteiger charge is 2.60. The van der Waals surface area contributed by atoms with Crippen molar-refractivity contribution in [1.82, 2.24) is 24.4 Å². The number of pyridine rings is 1. The van der Waals surface area contributed by atoms with Gasteiger partial charge in [0.1, 0.15) is 28.8 Å². The number of nitrogens with one attached hydrogen (secondary N) is 1. The van der Waals surface area contributed by atoms with Crippen LogP contribution in [0.5, 0.6) is 0 Å². The van der Waals surface area contributed by atoms with Crippen LogP contribution in [0.15, 0.2) is 47.5 Å². The fourth-order valence-corrected chi connectivity index (χ4v) is 7.29. The summed E-state index contributed by atoms with van der Waals surface area (Å²) in [5.41, 5.74) is 5.19. The standard InChI is InChI=1S/C34H35BrN6O3/c1-18-11-22(23-14-36-20(3)37-15-23)12-25-26(19(2)42)16-40(31(18)25)17-30(43)41-27(9-10-34(4)13-28(34)41)33(44)39-32-24(21-5-6-21)7-8-29(35)38-32/h7-8,11-12,14-16,21,27-28H,5-6,9-10,13,17H2,1-4H3,(H,38,39,44)/t27-,28+,34-/m0/s1. The first-order valence-corrected chi connectivity index (χ1v) is 16.0. The van der Waals surface area contributed by atoms with E-state index in [4.69, 9.17) is 0 Å². The van der Waals surface area contributed by atoms with E-state index in [1.54, 1.807) is 25.5 Å². The summed E-state index contributed by atoms with van der Waals surface area (Å²) in [6, 6.07) is 7.38. The molecule has 226 valence electrons. The molecule has 0 radical (unpaired) electrons. The first-order chi connectivity index (χ1) is 21.0. The Kier molecular flexibility index (Phi) is 6.95. The zero-order valence-corrected chi connectivity index (χ0v) is 26.9. The predicted octanol–water partition coefficient (Wildman–Crippen LogP) is 6.36. The van der Waals surface area contributed by atoms with Gasteiger partial charge in [0.2, 0.25) is 11.8 Å². The number of fused-ring (bicyclic) bond motifs is 2. The van der Waals surface area contributed by atoms with Gasteiger partial charge in [0.25, 0.3) is 0 Å². The summed E-state index contributed by atoms with van der Waals surface area (Å²) < 4.78 is 2.54. The van der Waals surface area contributed by atoms with Crippen LogP contribution in [0.2, 0.25) is 0 Å².